The average Bonchev–Trinajstić information content (AvgIpc) is 2.51. The molecule has 0 spiro atoms. The fourth-order valence-electron chi connectivity index (χ4n) is 2.08. The van der Waals surface area contributed by atoms with E-state index in [9.17, 15) is 27.1 Å². The van der Waals surface area contributed by atoms with E-state index in [0.29, 0.717) is 6.07 Å². The highest BCUT2D eigenvalue weighted by Gasteiger charge is 2.33. The molecule has 126 valence electrons. The largest absolute Gasteiger partial charge is 0.417 e. The standard InChI is InChI=1S/C16H11F5N2O/c17-10-2-4-12(14(18)5-10)15(24)8-23-11-3-1-9(7-22)13(6-11)16(19,20)21/h1-6,15,23-24H,8H2/t15-/m0/s1. The van der Waals surface area contributed by atoms with Crippen LogP contribution >= 0.6 is 0 Å². The summed E-state index contributed by atoms with van der Waals surface area (Å²) in [5.41, 5.74) is -1.83. The molecule has 0 fully saturated rings. The smallest absolute Gasteiger partial charge is 0.386 e. The summed E-state index contributed by atoms with van der Waals surface area (Å²) in [4.78, 5) is 0. The van der Waals surface area contributed by atoms with Crippen LogP contribution in [0.3, 0.4) is 0 Å². The molecular weight excluding hydrogens is 331 g/mol. The van der Waals surface area contributed by atoms with Gasteiger partial charge in [0.25, 0.3) is 0 Å². The molecule has 0 amide bonds. The Labute approximate surface area is 134 Å². The molecule has 2 rings (SSSR count). The Kier molecular flexibility index (Phi) is 5.04. The first kappa shape index (κ1) is 17.7. The van der Waals surface area contributed by atoms with Crippen LogP contribution in [-0.2, 0) is 6.18 Å². The molecule has 0 aromatic heterocycles. The van der Waals surface area contributed by atoms with Crippen LogP contribution in [0.1, 0.15) is 22.8 Å². The molecule has 0 unspecified atom stereocenters. The van der Waals surface area contributed by atoms with E-state index in [1.54, 1.807) is 0 Å². The van der Waals surface area contributed by atoms with Crippen LogP contribution in [0.5, 0.6) is 0 Å². The van der Waals surface area contributed by atoms with Crippen molar-refractivity contribution >= 4 is 5.69 Å². The summed E-state index contributed by atoms with van der Waals surface area (Å²) >= 11 is 0. The van der Waals surface area contributed by atoms with Crippen LogP contribution in [0.25, 0.3) is 0 Å². The summed E-state index contributed by atoms with van der Waals surface area (Å²) < 4.78 is 64.9. The molecular formula is C16H11F5N2O. The van der Waals surface area contributed by atoms with Gasteiger partial charge in [0.05, 0.1) is 23.3 Å². The fourth-order valence-corrected chi connectivity index (χ4v) is 2.08. The number of halogens is 5. The highest BCUT2D eigenvalue weighted by Crippen LogP contribution is 2.33. The molecule has 24 heavy (non-hydrogen) atoms. The van der Waals surface area contributed by atoms with E-state index >= 15 is 0 Å². The van der Waals surface area contributed by atoms with E-state index in [-0.39, 0.29) is 17.8 Å². The average molecular weight is 342 g/mol. The van der Waals surface area contributed by atoms with E-state index in [4.69, 9.17) is 5.26 Å². The van der Waals surface area contributed by atoms with Crippen molar-refractivity contribution in [2.24, 2.45) is 0 Å². The number of benzene rings is 2. The lowest BCUT2D eigenvalue weighted by Gasteiger charge is -2.16. The maximum absolute atomic E-state index is 13.5. The Bertz CT molecular complexity index is 783. The number of anilines is 1. The maximum Gasteiger partial charge on any atom is 0.417 e. The topological polar surface area (TPSA) is 56.0 Å². The molecule has 2 aromatic rings. The number of nitriles is 1. The number of aliphatic hydroxyl groups excluding tert-OH is 1. The predicted octanol–water partition coefficient (Wildman–Crippen LogP) is 4.00. The molecule has 3 nitrogen and oxygen atoms in total. The van der Waals surface area contributed by atoms with E-state index in [2.05, 4.69) is 5.32 Å². The highest BCUT2D eigenvalue weighted by molar-refractivity contribution is 5.53. The van der Waals surface area contributed by atoms with Crippen molar-refractivity contribution in [3.05, 3.63) is 64.7 Å². The number of nitrogens with zero attached hydrogens (tertiary/aromatic N) is 1. The molecule has 2 N–H and O–H groups in total. The Balaban J connectivity index is 2.16. The van der Waals surface area contributed by atoms with Crippen LogP contribution in [0.4, 0.5) is 27.6 Å². The summed E-state index contributed by atoms with van der Waals surface area (Å²) in [7, 11) is 0. The van der Waals surface area contributed by atoms with Crippen LogP contribution in [-0.4, -0.2) is 11.7 Å². The first-order valence-electron chi connectivity index (χ1n) is 6.70. The van der Waals surface area contributed by atoms with Gasteiger partial charge >= 0.3 is 6.18 Å². The van der Waals surface area contributed by atoms with Gasteiger partial charge in [-0.1, -0.05) is 6.07 Å². The zero-order valence-corrected chi connectivity index (χ0v) is 12.0. The van der Waals surface area contributed by atoms with E-state index in [0.717, 1.165) is 24.3 Å². The third kappa shape index (κ3) is 4.00. The second kappa shape index (κ2) is 6.84. The van der Waals surface area contributed by atoms with Crippen molar-refractivity contribution < 1.29 is 27.1 Å². The summed E-state index contributed by atoms with van der Waals surface area (Å²) in [6.45, 7) is -0.300. The van der Waals surface area contributed by atoms with Gasteiger partial charge in [-0.3, -0.25) is 0 Å². The molecule has 0 bridgehead atoms. The lowest BCUT2D eigenvalue weighted by atomic mass is 10.1. The zero-order chi connectivity index (χ0) is 17.9. The minimum Gasteiger partial charge on any atom is -0.386 e. The highest BCUT2D eigenvalue weighted by atomic mass is 19.4. The molecule has 0 radical (unpaired) electrons. The van der Waals surface area contributed by atoms with Crippen LogP contribution in [0.2, 0.25) is 0 Å². The van der Waals surface area contributed by atoms with Crippen molar-refractivity contribution in [1.29, 1.82) is 5.26 Å². The van der Waals surface area contributed by atoms with Gasteiger partial charge < -0.3 is 10.4 Å². The number of aliphatic hydroxyl groups is 1. The van der Waals surface area contributed by atoms with Crippen LogP contribution in [0.15, 0.2) is 36.4 Å². The molecule has 0 aliphatic heterocycles. The van der Waals surface area contributed by atoms with Gasteiger partial charge in [-0.2, -0.15) is 18.4 Å². The molecule has 0 heterocycles. The number of hydrogen-bond donors (Lipinski definition) is 2. The number of hydrogen-bond acceptors (Lipinski definition) is 3. The normalized spacial score (nSPS) is 12.5. The Hall–Kier alpha value is -2.66. The lowest BCUT2D eigenvalue weighted by Crippen LogP contribution is -2.15. The molecule has 8 heteroatoms. The fraction of sp³-hybridized carbons (Fsp3) is 0.188. The Morgan fingerprint density at radius 3 is 2.42 bits per heavy atom. The van der Waals surface area contributed by atoms with Crippen molar-refractivity contribution in [2.45, 2.75) is 12.3 Å². The third-order valence-electron chi connectivity index (χ3n) is 3.27. The minimum atomic E-state index is -4.70. The van der Waals surface area contributed by atoms with Gasteiger partial charge in [0.1, 0.15) is 11.6 Å². The predicted molar refractivity (Wildman–Crippen MR) is 76.0 cm³/mol. The van der Waals surface area contributed by atoms with Crippen molar-refractivity contribution in [3.8, 4) is 6.07 Å². The maximum atomic E-state index is 13.5. The molecule has 0 aliphatic rings. The summed E-state index contributed by atoms with van der Waals surface area (Å²) in [5.74, 6) is -1.77. The van der Waals surface area contributed by atoms with Crippen LogP contribution in [0, 0.1) is 23.0 Å². The summed E-state index contributed by atoms with van der Waals surface area (Å²) in [5, 5.41) is 21.1. The number of alkyl halides is 3. The first-order valence-corrected chi connectivity index (χ1v) is 6.70. The molecule has 0 saturated heterocycles. The Morgan fingerprint density at radius 1 is 1.12 bits per heavy atom. The molecule has 0 aliphatic carbocycles. The second-order valence-electron chi connectivity index (χ2n) is 4.93. The van der Waals surface area contributed by atoms with Crippen molar-refractivity contribution in [2.75, 3.05) is 11.9 Å². The lowest BCUT2D eigenvalue weighted by molar-refractivity contribution is -0.137. The number of nitrogens with one attached hydrogen (secondary N) is 1. The van der Waals surface area contributed by atoms with Gasteiger partial charge in [-0.05, 0) is 24.3 Å². The van der Waals surface area contributed by atoms with Crippen molar-refractivity contribution in [3.63, 3.8) is 0 Å². The van der Waals surface area contributed by atoms with Gasteiger partial charge in [-0.15, -0.1) is 0 Å². The molecule has 2 aromatic carbocycles. The second-order valence-corrected chi connectivity index (χ2v) is 4.93. The van der Waals surface area contributed by atoms with Gasteiger partial charge in [0.2, 0.25) is 0 Å². The molecule has 0 saturated carbocycles. The van der Waals surface area contributed by atoms with Crippen molar-refractivity contribution in [1.82, 2.24) is 0 Å². The summed E-state index contributed by atoms with van der Waals surface area (Å²) in [6.07, 6.45) is -6.10. The quantitative estimate of drug-likeness (QED) is 0.826. The van der Waals surface area contributed by atoms with Gasteiger partial charge in [0.15, 0.2) is 0 Å². The van der Waals surface area contributed by atoms with E-state index in [1.165, 1.54) is 12.1 Å². The number of rotatable bonds is 4. The summed E-state index contributed by atoms with van der Waals surface area (Å²) in [6, 6.07) is 7.03. The van der Waals surface area contributed by atoms with Crippen LogP contribution < -0.4 is 5.32 Å². The monoisotopic (exact) mass is 342 g/mol. The zero-order valence-electron chi connectivity index (χ0n) is 12.0. The first-order chi connectivity index (χ1) is 11.2. The SMILES string of the molecule is N#Cc1ccc(NC[C@H](O)c2ccc(F)cc2F)cc1C(F)(F)F. The Morgan fingerprint density at radius 2 is 1.83 bits per heavy atom. The molecule has 1 atom stereocenters. The van der Waals surface area contributed by atoms with Gasteiger partial charge in [0, 0.05) is 23.9 Å². The van der Waals surface area contributed by atoms with E-state index < -0.39 is 35.0 Å². The van der Waals surface area contributed by atoms with E-state index in [1.807, 2.05) is 0 Å². The minimum absolute atomic E-state index is 0.00268. The van der Waals surface area contributed by atoms with Gasteiger partial charge in [-0.25, -0.2) is 8.78 Å². The third-order valence-corrected chi connectivity index (χ3v) is 3.27.